The Morgan fingerprint density at radius 2 is 1.29 bits per heavy atom. The van der Waals surface area contributed by atoms with Gasteiger partial charge in [-0.2, -0.15) is 0 Å². The molecule has 4 rings (SSSR count). The monoisotopic (exact) mass is 471 g/mol. The van der Waals surface area contributed by atoms with Crippen LogP contribution in [0, 0.1) is 0 Å². The number of methoxy groups -OCH3 is 1. The maximum atomic E-state index is 14.2. The largest absolute Gasteiger partial charge is 0.465 e. The molecule has 170 valence electrons. The van der Waals surface area contributed by atoms with Crippen LogP contribution >= 0.6 is 7.29 Å². The minimum Gasteiger partial charge on any atom is -0.465 e. The molecule has 0 atom stereocenters. The molecule has 4 aromatic carbocycles. The average Bonchev–Trinajstić information content (AvgIpc) is 2.89. The van der Waals surface area contributed by atoms with Crippen LogP contribution in [0.15, 0.2) is 109 Å². The molecule has 0 spiro atoms. The minimum absolute atomic E-state index is 0.0944. The van der Waals surface area contributed by atoms with Crippen LogP contribution in [0.4, 0.5) is 5.69 Å². The summed E-state index contributed by atoms with van der Waals surface area (Å²) < 4.78 is 24.5. The highest BCUT2D eigenvalue weighted by Crippen LogP contribution is 2.43. The maximum absolute atomic E-state index is 14.2. The third-order valence-corrected chi connectivity index (χ3v) is 7.74. The zero-order valence-electron chi connectivity index (χ0n) is 18.4. The summed E-state index contributed by atoms with van der Waals surface area (Å²) in [7, 11) is -1.99. The Balaban J connectivity index is 1.64. The van der Waals surface area contributed by atoms with E-state index in [0.29, 0.717) is 16.3 Å². The van der Waals surface area contributed by atoms with E-state index in [2.05, 4.69) is 5.09 Å². The van der Waals surface area contributed by atoms with Gasteiger partial charge in [-0.15, -0.1) is 0 Å². The van der Waals surface area contributed by atoms with E-state index in [4.69, 9.17) is 9.47 Å². The van der Waals surface area contributed by atoms with Crippen LogP contribution in [-0.2, 0) is 9.30 Å². The maximum Gasteiger partial charge on any atom is 0.343 e. The number of nitrogens with one attached hydrogen (secondary N) is 1. The molecule has 0 amide bonds. The summed E-state index contributed by atoms with van der Waals surface area (Å²) >= 11 is 0. The molecule has 0 fully saturated rings. The Labute approximate surface area is 197 Å². The molecule has 34 heavy (non-hydrogen) atoms. The highest BCUT2D eigenvalue weighted by atomic mass is 31.2. The fraction of sp³-hybridized carbons (Fsp3) is 0.0370. The first-order valence-corrected chi connectivity index (χ1v) is 12.2. The van der Waals surface area contributed by atoms with Gasteiger partial charge in [-0.05, 0) is 54.6 Å². The van der Waals surface area contributed by atoms with Crippen molar-refractivity contribution in [2.24, 2.45) is 0 Å². The number of carbonyl (C=O) groups excluding carboxylic acids is 2. The summed E-state index contributed by atoms with van der Waals surface area (Å²) in [5, 5.41) is 4.44. The quantitative estimate of drug-likeness (QED) is 0.231. The predicted molar refractivity (Wildman–Crippen MR) is 133 cm³/mol. The second kappa shape index (κ2) is 10.2. The smallest absolute Gasteiger partial charge is 0.343 e. The predicted octanol–water partition coefficient (Wildman–Crippen LogP) is 5.03. The third-order valence-electron chi connectivity index (χ3n) is 5.12. The van der Waals surface area contributed by atoms with Crippen LogP contribution in [0.25, 0.3) is 0 Å². The van der Waals surface area contributed by atoms with E-state index < -0.39 is 19.2 Å². The Hall–Kier alpha value is -4.15. The van der Waals surface area contributed by atoms with Crippen LogP contribution < -0.4 is 20.4 Å². The van der Waals surface area contributed by atoms with Crippen LogP contribution in [0.5, 0.6) is 5.75 Å². The second-order valence-corrected chi connectivity index (χ2v) is 9.83. The van der Waals surface area contributed by atoms with E-state index >= 15 is 0 Å². The second-order valence-electron chi connectivity index (χ2n) is 7.35. The zero-order chi connectivity index (χ0) is 24.0. The molecular formula is C27H22NO5P. The van der Waals surface area contributed by atoms with Crippen molar-refractivity contribution in [1.29, 1.82) is 0 Å². The van der Waals surface area contributed by atoms with Gasteiger partial charge >= 0.3 is 11.9 Å². The molecule has 4 aromatic rings. The molecule has 0 bridgehead atoms. The van der Waals surface area contributed by atoms with Crippen molar-refractivity contribution in [2.45, 2.75) is 0 Å². The van der Waals surface area contributed by atoms with E-state index in [9.17, 15) is 14.2 Å². The van der Waals surface area contributed by atoms with Crippen molar-refractivity contribution >= 4 is 35.5 Å². The molecule has 7 heteroatoms. The van der Waals surface area contributed by atoms with Crippen LogP contribution in [0.3, 0.4) is 0 Å². The first kappa shape index (κ1) is 23.0. The van der Waals surface area contributed by atoms with E-state index in [1.54, 1.807) is 36.4 Å². The average molecular weight is 471 g/mol. The third kappa shape index (κ3) is 4.92. The van der Waals surface area contributed by atoms with Gasteiger partial charge in [0.2, 0.25) is 7.29 Å². The number of esters is 2. The lowest BCUT2D eigenvalue weighted by molar-refractivity contribution is 0.0593. The van der Waals surface area contributed by atoms with Crippen molar-refractivity contribution in [2.75, 3.05) is 12.2 Å². The Morgan fingerprint density at radius 3 is 1.91 bits per heavy atom. The summed E-state index contributed by atoms with van der Waals surface area (Å²) in [6.45, 7) is 0. The molecule has 0 saturated carbocycles. The fourth-order valence-electron chi connectivity index (χ4n) is 3.44. The molecule has 0 unspecified atom stereocenters. The van der Waals surface area contributed by atoms with Crippen molar-refractivity contribution in [1.82, 2.24) is 0 Å². The van der Waals surface area contributed by atoms with Gasteiger partial charge in [0.25, 0.3) is 0 Å². The Bertz CT molecular complexity index is 1310. The number of rotatable bonds is 7. The molecular weight excluding hydrogens is 449 g/mol. The number of hydrogen-bond donors (Lipinski definition) is 1. The molecule has 1 N–H and O–H groups in total. The molecule has 0 aliphatic carbocycles. The van der Waals surface area contributed by atoms with Gasteiger partial charge in [-0.3, -0.25) is 4.57 Å². The summed E-state index contributed by atoms with van der Waals surface area (Å²) in [6.07, 6.45) is 0. The molecule has 0 heterocycles. The summed E-state index contributed by atoms with van der Waals surface area (Å²) in [6, 6.07) is 31.2. The van der Waals surface area contributed by atoms with E-state index in [0.717, 1.165) is 0 Å². The lowest BCUT2D eigenvalue weighted by Crippen LogP contribution is -2.21. The number of carbonyl (C=O) groups is 2. The number of ether oxygens (including phenoxy) is 2. The van der Waals surface area contributed by atoms with Crippen molar-refractivity contribution in [3.8, 4) is 5.75 Å². The van der Waals surface area contributed by atoms with Crippen molar-refractivity contribution in [3.63, 3.8) is 0 Å². The Kier molecular flexibility index (Phi) is 6.90. The topological polar surface area (TPSA) is 81.7 Å². The highest BCUT2D eigenvalue weighted by molar-refractivity contribution is 7.80. The molecule has 6 nitrogen and oxygen atoms in total. The first-order chi connectivity index (χ1) is 16.5. The standard InChI is InChI=1S/C27H22NO5P/c1-32-27(30)24-17-8-9-18-25(24)33-26(29)20-11-10-12-21(19-20)28-34(31,22-13-4-2-5-14-22)23-15-6-3-7-16-23/h2-19H,1H3,(H,28,31). The summed E-state index contributed by atoms with van der Waals surface area (Å²) in [5.74, 6) is -1.17. The molecule has 0 saturated heterocycles. The summed E-state index contributed by atoms with van der Waals surface area (Å²) in [4.78, 5) is 24.8. The molecule has 0 aliphatic heterocycles. The number of para-hydroxylation sites is 1. The molecule has 0 aromatic heterocycles. The molecule has 0 aliphatic rings. The van der Waals surface area contributed by atoms with Gasteiger partial charge in [-0.25, -0.2) is 9.59 Å². The number of anilines is 1. The SMILES string of the molecule is COC(=O)c1ccccc1OC(=O)c1cccc(NP(=O)(c2ccccc2)c2ccccc2)c1. The number of hydrogen-bond acceptors (Lipinski definition) is 5. The van der Waals surface area contributed by atoms with Gasteiger partial charge in [0.1, 0.15) is 11.3 Å². The normalized spacial score (nSPS) is 10.9. The van der Waals surface area contributed by atoms with Gasteiger partial charge in [0.05, 0.1) is 12.7 Å². The highest BCUT2D eigenvalue weighted by Gasteiger charge is 2.27. The zero-order valence-corrected chi connectivity index (χ0v) is 19.3. The fourth-order valence-corrected chi connectivity index (χ4v) is 5.69. The summed E-state index contributed by atoms with van der Waals surface area (Å²) in [5.41, 5.74) is 0.870. The van der Waals surface area contributed by atoms with Gasteiger partial charge in [-0.1, -0.05) is 54.6 Å². The van der Waals surface area contributed by atoms with E-state index in [1.165, 1.54) is 19.2 Å². The van der Waals surface area contributed by atoms with Crippen molar-refractivity contribution < 1.29 is 23.6 Å². The van der Waals surface area contributed by atoms with Gasteiger partial charge in [0, 0.05) is 16.3 Å². The van der Waals surface area contributed by atoms with E-state index in [-0.39, 0.29) is 16.9 Å². The van der Waals surface area contributed by atoms with Crippen LogP contribution in [0.2, 0.25) is 0 Å². The van der Waals surface area contributed by atoms with E-state index in [1.807, 2.05) is 60.7 Å². The lowest BCUT2D eigenvalue weighted by Gasteiger charge is -2.22. The van der Waals surface area contributed by atoms with Crippen molar-refractivity contribution in [3.05, 3.63) is 120 Å². The van der Waals surface area contributed by atoms with Crippen LogP contribution in [-0.4, -0.2) is 19.0 Å². The molecule has 0 radical (unpaired) electrons. The first-order valence-electron chi connectivity index (χ1n) is 10.5. The number of benzene rings is 4. The lowest BCUT2D eigenvalue weighted by atomic mass is 10.2. The van der Waals surface area contributed by atoms with Gasteiger partial charge in [0.15, 0.2) is 0 Å². The van der Waals surface area contributed by atoms with Gasteiger partial charge < -0.3 is 14.6 Å². The Morgan fingerprint density at radius 1 is 0.706 bits per heavy atom. The van der Waals surface area contributed by atoms with Crippen LogP contribution in [0.1, 0.15) is 20.7 Å². The minimum atomic E-state index is -3.25.